The van der Waals surface area contributed by atoms with Gasteiger partial charge in [-0.25, -0.2) is 19.5 Å². The van der Waals surface area contributed by atoms with Crippen LogP contribution < -0.4 is 0 Å². The van der Waals surface area contributed by atoms with Gasteiger partial charge in [0.05, 0.1) is 0 Å². The van der Waals surface area contributed by atoms with E-state index in [4.69, 9.17) is 0 Å². The van der Waals surface area contributed by atoms with Gasteiger partial charge in [-0.15, -0.1) is 5.10 Å². The standard InChI is InChI=1S/C17H14N6S/c1-11-10-12(2)23-16(19-11)21-17(22-23)24-14-8-9-18-15(20-14)13-6-4-3-5-7-13/h3-10H,1-2H3. The van der Waals surface area contributed by atoms with Crippen LogP contribution in [-0.2, 0) is 0 Å². The van der Waals surface area contributed by atoms with Gasteiger partial charge in [0, 0.05) is 23.1 Å². The zero-order valence-electron chi connectivity index (χ0n) is 13.2. The highest BCUT2D eigenvalue weighted by Gasteiger charge is 2.11. The van der Waals surface area contributed by atoms with Crippen LogP contribution in [-0.4, -0.2) is 29.5 Å². The lowest BCUT2D eigenvalue weighted by atomic mass is 10.2. The lowest BCUT2D eigenvalue weighted by molar-refractivity contribution is 0.842. The fraction of sp³-hybridized carbons (Fsp3) is 0.118. The molecule has 0 aliphatic rings. The van der Waals surface area contributed by atoms with Crippen molar-refractivity contribution in [1.82, 2.24) is 29.5 Å². The molecule has 0 radical (unpaired) electrons. The molecule has 118 valence electrons. The fourth-order valence-electron chi connectivity index (χ4n) is 2.41. The third kappa shape index (κ3) is 2.85. The number of aryl methyl sites for hydroxylation is 2. The summed E-state index contributed by atoms with van der Waals surface area (Å²) in [5.74, 6) is 1.29. The van der Waals surface area contributed by atoms with Crippen LogP contribution in [0.15, 0.2) is 58.8 Å². The molecule has 3 aromatic heterocycles. The van der Waals surface area contributed by atoms with E-state index in [1.54, 1.807) is 10.7 Å². The first-order chi connectivity index (χ1) is 11.7. The largest absolute Gasteiger partial charge is 0.253 e. The Hall–Kier alpha value is -2.80. The summed E-state index contributed by atoms with van der Waals surface area (Å²) in [7, 11) is 0. The number of rotatable bonds is 3. The van der Waals surface area contributed by atoms with Crippen LogP contribution in [0.3, 0.4) is 0 Å². The summed E-state index contributed by atoms with van der Waals surface area (Å²) in [4.78, 5) is 17.8. The van der Waals surface area contributed by atoms with E-state index in [1.807, 2.05) is 56.3 Å². The molecule has 1 aromatic carbocycles. The average Bonchev–Trinajstić information content (AvgIpc) is 2.98. The summed E-state index contributed by atoms with van der Waals surface area (Å²) in [5.41, 5.74) is 2.91. The Morgan fingerprint density at radius 1 is 0.958 bits per heavy atom. The molecule has 6 nitrogen and oxygen atoms in total. The van der Waals surface area contributed by atoms with Crippen LogP contribution >= 0.6 is 11.8 Å². The summed E-state index contributed by atoms with van der Waals surface area (Å²) in [6.07, 6.45) is 1.75. The smallest absolute Gasteiger partial charge is 0.237 e. The molecule has 0 saturated carbocycles. The molecule has 0 N–H and O–H groups in total. The van der Waals surface area contributed by atoms with E-state index in [0.29, 0.717) is 16.8 Å². The van der Waals surface area contributed by atoms with Crippen molar-refractivity contribution in [3.63, 3.8) is 0 Å². The molecule has 4 aromatic rings. The van der Waals surface area contributed by atoms with Crippen molar-refractivity contribution in [2.75, 3.05) is 0 Å². The Labute approximate surface area is 143 Å². The van der Waals surface area contributed by atoms with Gasteiger partial charge < -0.3 is 0 Å². The highest BCUT2D eigenvalue weighted by molar-refractivity contribution is 7.99. The van der Waals surface area contributed by atoms with E-state index in [9.17, 15) is 0 Å². The Morgan fingerprint density at radius 2 is 1.79 bits per heavy atom. The van der Waals surface area contributed by atoms with E-state index >= 15 is 0 Å². The molecule has 0 aliphatic heterocycles. The molecule has 0 amide bonds. The third-order valence-electron chi connectivity index (χ3n) is 3.46. The first kappa shape index (κ1) is 14.8. The predicted octanol–water partition coefficient (Wildman–Crippen LogP) is 3.35. The number of fused-ring (bicyclic) bond motifs is 1. The van der Waals surface area contributed by atoms with E-state index in [-0.39, 0.29) is 0 Å². The van der Waals surface area contributed by atoms with Gasteiger partial charge in [-0.1, -0.05) is 30.3 Å². The zero-order valence-corrected chi connectivity index (χ0v) is 14.0. The molecule has 0 bridgehead atoms. The molecule has 7 heteroatoms. The van der Waals surface area contributed by atoms with Crippen LogP contribution in [0, 0.1) is 13.8 Å². The van der Waals surface area contributed by atoms with Gasteiger partial charge in [-0.05, 0) is 37.7 Å². The Kier molecular flexibility index (Phi) is 3.70. The topological polar surface area (TPSA) is 68.9 Å². The quantitative estimate of drug-likeness (QED) is 0.535. The summed E-state index contributed by atoms with van der Waals surface area (Å²) >= 11 is 1.40. The molecule has 3 heterocycles. The minimum atomic E-state index is 0.604. The van der Waals surface area contributed by atoms with Gasteiger partial charge >= 0.3 is 0 Å². The van der Waals surface area contributed by atoms with E-state index in [2.05, 4.69) is 25.0 Å². The maximum Gasteiger partial charge on any atom is 0.253 e. The van der Waals surface area contributed by atoms with Gasteiger partial charge in [-0.3, -0.25) is 0 Å². The minimum absolute atomic E-state index is 0.604. The van der Waals surface area contributed by atoms with E-state index in [0.717, 1.165) is 22.0 Å². The highest BCUT2D eigenvalue weighted by Crippen LogP contribution is 2.25. The predicted molar refractivity (Wildman–Crippen MR) is 91.8 cm³/mol. The van der Waals surface area contributed by atoms with Crippen LogP contribution in [0.5, 0.6) is 0 Å². The van der Waals surface area contributed by atoms with Gasteiger partial charge in [0.25, 0.3) is 5.78 Å². The van der Waals surface area contributed by atoms with Crippen molar-refractivity contribution >= 4 is 17.5 Å². The van der Waals surface area contributed by atoms with Crippen LogP contribution in [0.1, 0.15) is 11.4 Å². The summed E-state index contributed by atoms with van der Waals surface area (Å²) in [5, 5.41) is 5.92. The number of aromatic nitrogens is 6. The Morgan fingerprint density at radius 3 is 2.62 bits per heavy atom. The number of nitrogens with zero attached hydrogens (tertiary/aromatic N) is 6. The molecule has 4 rings (SSSR count). The van der Waals surface area contributed by atoms with Gasteiger partial charge in [-0.2, -0.15) is 4.98 Å². The Balaban J connectivity index is 1.67. The van der Waals surface area contributed by atoms with E-state index < -0.39 is 0 Å². The molecule has 0 unspecified atom stereocenters. The molecular weight excluding hydrogens is 320 g/mol. The lowest BCUT2D eigenvalue weighted by Gasteiger charge is -2.01. The maximum absolute atomic E-state index is 4.59. The first-order valence-electron chi connectivity index (χ1n) is 7.46. The SMILES string of the molecule is Cc1cc(C)n2nc(Sc3ccnc(-c4ccccc4)n3)nc2n1. The van der Waals surface area contributed by atoms with Crippen molar-refractivity contribution in [2.24, 2.45) is 0 Å². The molecule has 0 fully saturated rings. The molecule has 0 saturated heterocycles. The van der Waals surface area contributed by atoms with Crippen molar-refractivity contribution in [3.05, 3.63) is 60.0 Å². The second kappa shape index (κ2) is 6.01. The summed E-state index contributed by atoms with van der Waals surface area (Å²) in [6, 6.07) is 13.7. The molecule has 0 aliphatic carbocycles. The fourth-order valence-corrected chi connectivity index (χ4v) is 3.11. The van der Waals surface area contributed by atoms with Crippen LogP contribution in [0.25, 0.3) is 17.2 Å². The monoisotopic (exact) mass is 334 g/mol. The maximum atomic E-state index is 4.59. The van der Waals surface area contributed by atoms with Crippen molar-refractivity contribution in [2.45, 2.75) is 24.0 Å². The van der Waals surface area contributed by atoms with Gasteiger partial charge in [0.2, 0.25) is 5.16 Å². The van der Waals surface area contributed by atoms with Crippen molar-refractivity contribution in [1.29, 1.82) is 0 Å². The number of benzene rings is 1. The first-order valence-corrected chi connectivity index (χ1v) is 8.28. The van der Waals surface area contributed by atoms with Crippen LogP contribution in [0.4, 0.5) is 0 Å². The molecule has 24 heavy (non-hydrogen) atoms. The second-order valence-corrected chi connectivity index (χ2v) is 6.32. The van der Waals surface area contributed by atoms with Crippen LogP contribution in [0.2, 0.25) is 0 Å². The summed E-state index contributed by atoms with van der Waals surface area (Å²) < 4.78 is 1.74. The normalized spacial score (nSPS) is 11.1. The number of hydrogen-bond acceptors (Lipinski definition) is 6. The van der Waals surface area contributed by atoms with Crippen molar-refractivity contribution < 1.29 is 0 Å². The second-order valence-electron chi connectivity index (χ2n) is 5.33. The highest BCUT2D eigenvalue weighted by atomic mass is 32.2. The summed E-state index contributed by atoms with van der Waals surface area (Å²) in [6.45, 7) is 3.94. The lowest BCUT2D eigenvalue weighted by Crippen LogP contribution is -1.97. The van der Waals surface area contributed by atoms with Gasteiger partial charge in [0.1, 0.15) is 5.03 Å². The molecule has 0 spiro atoms. The third-order valence-corrected chi connectivity index (χ3v) is 4.25. The molecular formula is C17H14N6S. The molecule has 0 atom stereocenters. The minimum Gasteiger partial charge on any atom is -0.237 e. The van der Waals surface area contributed by atoms with Crippen molar-refractivity contribution in [3.8, 4) is 11.4 Å². The Bertz CT molecular complexity index is 1010. The number of hydrogen-bond donors (Lipinski definition) is 0. The average molecular weight is 334 g/mol. The van der Waals surface area contributed by atoms with Gasteiger partial charge in [0.15, 0.2) is 5.82 Å². The van der Waals surface area contributed by atoms with E-state index in [1.165, 1.54) is 11.8 Å². The zero-order chi connectivity index (χ0) is 16.5.